The standard InChI is InChI=1S/C10H9F3N4O/c11-10(12,13)4-18-5-1-2-6-7(3-5)16-9(15)17-8(6)14/h1-3H,4H2,(H4,14,15,16,17). The summed E-state index contributed by atoms with van der Waals surface area (Å²) < 4.78 is 40.6. The van der Waals surface area contributed by atoms with E-state index in [2.05, 4.69) is 14.7 Å². The first kappa shape index (κ1) is 12.2. The summed E-state index contributed by atoms with van der Waals surface area (Å²) in [5, 5.41) is 0.503. The average molecular weight is 258 g/mol. The lowest BCUT2D eigenvalue weighted by Crippen LogP contribution is -2.19. The predicted molar refractivity (Wildman–Crippen MR) is 59.9 cm³/mol. The van der Waals surface area contributed by atoms with Crippen LogP contribution in [0.1, 0.15) is 0 Å². The second-order valence-corrected chi connectivity index (χ2v) is 3.55. The Bertz CT molecular complexity index is 585. The lowest BCUT2D eigenvalue weighted by atomic mass is 10.2. The molecule has 1 heterocycles. The van der Waals surface area contributed by atoms with Crippen molar-refractivity contribution in [3.05, 3.63) is 18.2 Å². The fourth-order valence-electron chi connectivity index (χ4n) is 1.41. The van der Waals surface area contributed by atoms with Crippen molar-refractivity contribution >= 4 is 22.7 Å². The molecule has 2 rings (SSSR count). The molecule has 18 heavy (non-hydrogen) atoms. The van der Waals surface area contributed by atoms with E-state index in [0.29, 0.717) is 10.9 Å². The van der Waals surface area contributed by atoms with Crippen LogP contribution in [0.4, 0.5) is 24.9 Å². The Morgan fingerprint density at radius 2 is 1.89 bits per heavy atom. The maximum absolute atomic E-state index is 12.0. The van der Waals surface area contributed by atoms with Crippen molar-refractivity contribution in [3.63, 3.8) is 0 Å². The van der Waals surface area contributed by atoms with E-state index in [-0.39, 0.29) is 17.5 Å². The first-order valence-corrected chi connectivity index (χ1v) is 4.87. The van der Waals surface area contributed by atoms with Crippen LogP contribution >= 0.6 is 0 Å². The zero-order chi connectivity index (χ0) is 13.3. The minimum absolute atomic E-state index is 0.0392. The van der Waals surface area contributed by atoms with Gasteiger partial charge in [0.05, 0.1) is 5.52 Å². The first-order valence-electron chi connectivity index (χ1n) is 4.87. The van der Waals surface area contributed by atoms with Gasteiger partial charge in [0.2, 0.25) is 5.95 Å². The van der Waals surface area contributed by atoms with Crippen molar-refractivity contribution in [1.29, 1.82) is 0 Å². The Morgan fingerprint density at radius 3 is 2.56 bits per heavy atom. The van der Waals surface area contributed by atoms with E-state index in [0.717, 1.165) is 0 Å². The van der Waals surface area contributed by atoms with Gasteiger partial charge in [-0.3, -0.25) is 0 Å². The summed E-state index contributed by atoms with van der Waals surface area (Å²) in [6.45, 7) is -1.37. The third-order valence-electron chi connectivity index (χ3n) is 2.12. The minimum atomic E-state index is -4.39. The largest absolute Gasteiger partial charge is 0.484 e. The van der Waals surface area contributed by atoms with Crippen LogP contribution in [0.2, 0.25) is 0 Å². The molecule has 8 heteroatoms. The van der Waals surface area contributed by atoms with Crippen LogP contribution in [0.5, 0.6) is 5.75 Å². The molecule has 0 amide bonds. The molecule has 1 aromatic carbocycles. The fraction of sp³-hybridized carbons (Fsp3) is 0.200. The zero-order valence-electron chi connectivity index (χ0n) is 9.03. The van der Waals surface area contributed by atoms with Crippen molar-refractivity contribution in [2.24, 2.45) is 0 Å². The van der Waals surface area contributed by atoms with Crippen LogP contribution in [0, 0.1) is 0 Å². The molecule has 1 aromatic heterocycles. The Labute approximate surface area is 99.6 Å². The summed E-state index contributed by atoms with van der Waals surface area (Å²) in [7, 11) is 0. The molecule has 4 N–H and O–H groups in total. The van der Waals surface area contributed by atoms with Crippen LogP contribution in [0.25, 0.3) is 10.9 Å². The maximum Gasteiger partial charge on any atom is 0.422 e. The van der Waals surface area contributed by atoms with E-state index in [1.165, 1.54) is 18.2 Å². The number of nitrogen functional groups attached to an aromatic ring is 2. The number of alkyl halides is 3. The van der Waals surface area contributed by atoms with Gasteiger partial charge in [0.25, 0.3) is 0 Å². The van der Waals surface area contributed by atoms with Crippen LogP contribution in [-0.4, -0.2) is 22.8 Å². The van der Waals surface area contributed by atoms with Gasteiger partial charge in [0, 0.05) is 11.5 Å². The van der Waals surface area contributed by atoms with E-state index in [4.69, 9.17) is 11.5 Å². The fourth-order valence-corrected chi connectivity index (χ4v) is 1.41. The van der Waals surface area contributed by atoms with Gasteiger partial charge >= 0.3 is 6.18 Å². The summed E-state index contributed by atoms with van der Waals surface area (Å²) in [6.07, 6.45) is -4.39. The highest BCUT2D eigenvalue weighted by atomic mass is 19.4. The number of hydrogen-bond donors (Lipinski definition) is 2. The second kappa shape index (κ2) is 4.21. The normalized spacial score (nSPS) is 11.7. The summed E-state index contributed by atoms with van der Waals surface area (Å²) in [6, 6.07) is 4.18. The van der Waals surface area contributed by atoms with Gasteiger partial charge in [-0.05, 0) is 12.1 Å². The van der Waals surface area contributed by atoms with Crippen LogP contribution in [0.15, 0.2) is 18.2 Å². The van der Waals surface area contributed by atoms with Crippen LogP contribution in [0.3, 0.4) is 0 Å². The number of benzene rings is 1. The maximum atomic E-state index is 12.0. The lowest BCUT2D eigenvalue weighted by Gasteiger charge is -2.10. The summed E-state index contributed by atoms with van der Waals surface area (Å²) >= 11 is 0. The number of fused-ring (bicyclic) bond motifs is 1. The van der Waals surface area contributed by atoms with Crippen LogP contribution < -0.4 is 16.2 Å². The number of hydrogen-bond acceptors (Lipinski definition) is 5. The molecule has 0 radical (unpaired) electrons. The molecule has 2 aromatic rings. The molecule has 0 saturated heterocycles. The third kappa shape index (κ3) is 2.70. The molecule has 0 aliphatic rings. The average Bonchev–Trinajstić information content (AvgIpc) is 2.24. The van der Waals surface area contributed by atoms with Crippen molar-refractivity contribution in [3.8, 4) is 5.75 Å². The second-order valence-electron chi connectivity index (χ2n) is 3.55. The third-order valence-corrected chi connectivity index (χ3v) is 2.12. The molecular formula is C10H9F3N4O. The monoisotopic (exact) mass is 258 g/mol. The van der Waals surface area contributed by atoms with Gasteiger partial charge < -0.3 is 16.2 Å². The van der Waals surface area contributed by atoms with Gasteiger partial charge in [0.15, 0.2) is 6.61 Å². The Kier molecular flexibility index (Phi) is 2.85. The molecule has 0 fully saturated rings. The van der Waals surface area contributed by atoms with Crippen LogP contribution in [-0.2, 0) is 0 Å². The number of nitrogens with two attached hydrogens (primary N) is 2. The Hall–Kier alpha value is -2.25. The van der Waals surface area contributed by atoms with Crippen molar-refractivity contribution in [1.82, 2.24) is 9.97 Å². The number of ether oxygens (including phenoxy) is 1. The number of nitrogens with zero attached hydrogens (tertiary/aromatic N) is 2. The molecule has 0 atom stereocenters. The summed E-state index contributed by atoms with van der Waals surface area (Å²) in [5.41, 5.74) is 11.3. The lowest BCUT2D eigenvalue weighted by molar-refractivity contribution is -0.153. The summed E-state index contributed by atoms with van der Waals surface area (Å²) in [5.74, 6) is 0.158. The molecule has 0 aliphatic carbocycles. The molecular weight excluding hydrogens is 249 g/mol. The number of anilines is 2. The Morgan fingerprint density at radius 1 is 1.17 bits per heavy atom. The van der Waals surface area contributed by atoms with E-state index in [1.54, 1.807) is 0 Å². The van der Waals surface area contributed by atoms with Crippen molar-refractivity contribution in [2.75, 3.05) is 18.1 Å². The zero-order valence-corrected chi connectivity index (χ0v) is 9.03. The van der Waals surface area contributed by atoms with E-state index < -0.39 is 12.8 Å². The molecule has 0 unspecified atom stereocenters. The van der Waals surface area contributed by atoms with E-state index in [1.807, 2.05) is 0 Å². The number of halogens is 3. The van der Waals surface area contributed by atoms with Crippen molar-refractivity contribution in [2.45, 2.75) is 6.18 Å². The quantitative estimate of drug-likeness (QED) is 0.856. The van der Waals surface area contributed by atoms with Gasteiger partial charge in [-0.15, -0.1) is 0 Å². The molecule has 0 aliphatic heterocycles. The molecule has 0 bridgehead atoms. The Balaban J connectivity index is 2.32. The highest BCUT2D eigenvalue weighted by molar-refractivity contribution is 5.89. The van der Waals surface area contributed by atoms with Crippen molar-refractivity contribution < 1.29 is 17.9 Å². The van der Waals surface area contributed by atoms with Gasteiger partial charge in [-0.1, -0.05) is 0 Å². The highest BCUT2D eigenvalue weighted by Crippen LogP contribution is 2.25. The SMILES string of the molecule is Nc1nc(N)c2ccc(OCC(F)(F)F)cc2n1. The first-order chi connectivity index (χ1) is 8.35. The number of aromatic nitrogens is 2. The minimum Gasteiger partial charge on any atom is -0.484 e. The molecule has 0 spiro atoms. The summed E-state index contributed by atoms with van der Waals surface area (Å²) in [4.78, 5) is 7.61. The molecule has 5 nitrogen and oxygen atoms in total. The predicted octanol–water partition coefficient (Wildman–Crippen LogP) is 1.74. The highest BCUT2D eigenvalue weighted by Gasteiger charge is 2.28. The van der Waals surface area contributed by atoms with Gasteiger partial charge in [-0.25, -0.2) is 4.98 Å². The molecule has 0 saturated carbocycles. The number of rotatable bonds is 2. The van der Waals surface area contributed by atoms with E-state index in [9.17, 15) is 13.2 Å². The topological polar surface area (TPSA) is 87.0 Å². The smallest absolute Gasteiger partial charge is 0.422 e. The van der Waals surface area contributed by atoms with Gasteiger partial charge in [0.1, 0.15) is 11.6 Å². The molecule has 96 valence electrons. The van der Waals surface area contributed by atoms with E-state index >= 15 is 0 Å². The van der Waals surface area contributed by atoms with Gasteiger partial charge in [-0.2, -0.15) is 18.2 Å².